The van der Waals surface area contributed by atoms with Crippen molar-refractivity contribution in [1.82, 2.24) is 0 Å². The first-order valence-corrected chi connectivity index (χ1v) is 9.80. The predicted octanol–water partition coefficient (Wildman–Crippen LogP) is 0.922. The molecule has 140 valence electrons. The fraction of sp³-hybridized carbons (Fsp3) is 0. The number of nitrogens with two attached hydrogens (primary N) is 2. The van der Waals surface area contributed by atoms with Crippen LogP contribution in [-0.2, 0) is 20.2 Å². The maximum atomic E-state index is 11.8. The lowest BCUT2D eigenvalue weighted by atomic mass is 10.1. The summed E-state index contributed by atoms with van der Waals surface area (Å²) in [6.45, 7) is 0. The van der Waals surface area contributed by atoms with Crippen LogP contribution >= 0.6 is 0 Å². The summed E-state index contributed by atoms with van der Waals surface area (Å²) in [5.41, 5.74) is 3.88. The molecule has 0 atom stereocenters. The number of hydrazine groups is 2. The van der Waals surface area contributed by atoms with Gasteiger partial charge in [-0.05, 0) is 17.2 Å². The highest BCUT2D eigenvalue weighted by molar-refractivity contribution is 7.89. The number of hydrogen-bond acceptors (Lipinski definition) is 8. The Morgan fingerprint density at radius 2 is 1.42 bits per heavy atom. The number of nitrogens with one attached hydrogen (secondary N) is 2. The fourth-order valence-corrected chi connectivity index (χ4v) is 4.48. The highest BCUT2D eigenvalue weighted by Crippen LogP contribution is 2.38. The lowest BCUT2D eigenvalue weighted by Gasteiger charge is -2.17. The van der Waals surface area contributed by atoms with Gasteiger partial charge in [0.05, 0.1) is 11.4 Å². The van der Waals surface area contributed by atoms with Gasteiger partial charge in [0.2, 0.25) is 0 Å². The Hall–Kier alpha value is -2.48. The van der Waals surface area contributed by atoms with Crippen molar-refractivity contribution in [3.63, 3.8) is 0 Å². The van der Waals surface area contributed by atoms with Crippen LogP contribution in [0.2, 0.25) is 0 Å². The van der Waals surface area contributed by atoms with Gasteiger partial charge in [-0.3, -0.25) is 20.8 Å². The fourth-order valence-electron chi connectivity index (χ4n) is 2.30. The zero-order valence-corrected chi connectivity index (χ0v) is 14.8. The summed E-state index contributed by atoms with van der Waals surface area (Å²) in [6, 6.07) is 9.82. The maximum absolute atomic E-state index is 11.8. The summed E-state index contributed by atoms with van der Waals surface area (Å²) in [5.74, 6) is 10.6. The number of anilines is 2. The maximum Gasteiger partial charge on any atom is 0.298 e. The normalized spacial score (nSPS) is 12.3. The molecule has 0 heterocycles. The molecule has 2 aromatic rings. The molecule has 0 aliphatic carbocycles. The van der Waals surface area contributed by atoms with E-state index in [2.05, 4.69) is 5.43 Å². The van der Waals surface area contributed by atoms with Crippen molar-refractivity contribution in [3.8, 4) is 0 Å². The lowest BCUT2D eigenvalue weighted by molar-refractivity contribution is 0.466. The lowest BCUT2D eigenvalue weighted by Crippen LogP contribution is -2.20. The zero-order valence-electron chi connectivity index (χ0n) is 13.1. The standard InChI is InChI=1S/C14H16N4O6S2/c15-17-11-8-10(7-6-9-4-2-1-3-5-9)13(25(19,20)21)14(12(11)18-16)26(22,23)24/h1-8,17-18H,15-16H2,(H,19,20,21)(H,22,23,24). The predicted molar refractivity (Wildman–Crippen MR) is 97.1 cm³/mol. The average molecular weight is 400 g/mol. The van der Waals surface area contributed by atoms with Gasteiger partial charge in [-0.15, -0.1) is 0 Å². The topological polar surface area (TPSA) is 185 Å². The molecule has 8 N–H and O–H groups in total. The molecule has 2 rings (SSSR count). The van der Waals surface area contributed by atoms with E-state index >= 15 is 0 Å². The van der Waals surface area contributed by atoms with E-state index in [0.29, 0.717) is 5.56 Å². The summed E-state index contributed by atoms with van der Waals surface area (Å²) < 4.78 is 66.2. The minimum Gasteiger partial charge on any atom is -0.322 e. The second-order valence-electron chi connectivity index (χ2n) is 5.03. The molecule has 0 spiro atoms. The number of hydrogen-bond donors (Lipinski definition) is 6. The summed E-state index contributed by atoms with van der Waals surface area (Å²) in [5, 5.41) is 0. The van der Waals surface area contributed by atoms with Crippen LogP contribution in [-0.4, -0.2) is 25.9 Å². The Morgan fingerprint density at radius 3 is 1.88 bits per heavy atom. The zero-order chi connectivity index (χ0) is 19.5. The van der Waals surface area contributed by atoms with Gasteiger partial charge < -0.3 is 10.9 Å². The molecule has 0 aromatic heterocycles. The highest BCUT2D eigenvalue weighted by Gasteiger charge is 2.32. The summed E-state index contributed by atoms with van der Waals surface area (Å²) in [7, 11) is -10.2. The Labute approximate surface area is 150 Å². The largest absolute Gasteiger partial charge is 0.322 e. The second-order valence-corrected chi connectivity index (χ2v) is 7.75. The SMILES string of the molecule is NNc1cc(C=Cc2ccccc2)c(S(=O)(=O)O)c(S(=O)(=O)O)c1NN. The molecule has 0 aliphatic rings. The molecule has 0 bridgehead atoms. The van der Waals surface area contributed by atoms with Crippen LogP contribution in [0.1, 0.15) is 11.1 Å². The molecule has 2 aromatic carbocycles. The molecule has 0 saturated heterocycles. The van der Waals surface area contributed by atoms with E-state index in [1.807, 2.05) is 5.43 Å². The van der Waals surface area contributed by atoms with Crippen molar-refractivity contribution >= 4 is 43.8 Å². The molecule has 0 saturated carbocycles. The number of benzene rings is 2. The molecular weight excluding hydrogens is 384 g/mol. The van der Waals surface area contributed by atoms with Crippen LogP contribution in [0.5, 0.6) is 0 Å². The van der Waals surface area contributed by atoms with Crippen molar-refractivity contribution in [2.75, 3.05) is 10.9 Å². The van der Waals surface area contributed by atoms with Crippen LogP contribution in [0, 0.1) is 0 Å². The highest BCUT2D eigenvalue weighted by atomic mass is 32.2. The molecule has 0 fully saturated rings. The molecule has 0 radical (unpaired) electrons. The van der Waals surface area contributed by atoms with Gasteiger partial charge in [0, 0.05) is 0 Å². The van der Waals surface area contributed by atoms with Crippen molar-refractivity contribution in [2.24, 2.45) is 11.7 Å². The minimum atomic E-state index is -5.11. The van der Waals surface area contributed by atoms with Gasteiger partial charge in [-0.25, -0.2) is 0 Å². The Bertz CT molecular complexity index is 1050. The quantitative estimate of drug-likeness (QED) is 0.176. The summed E-state index contributed by atoms with van der Waals surface area (Å²) >= 11 is 0. The van der Waals surface area contributed by atoms with E-state index in [9.17, 15) is 25.9 Å². The molecule has 26 heavy (non-hydrogen) atoms. The van der Waals surface area contributed by atoms with Crippen molar-refractivity contribution < 1.29 is 25.9 Å². The van der Waals surface area contributed by atoms with E-state index in [1.165, 1.54) is 12.2 Å². The van der Waals surface area contributed by atoms with Crippen molar-refractivity contribution in [2.45, 2.75) is 9.79 Å². The molecule has 0 amide bonds. The van der Waals surface area contributed by atoms with Gasteiger partial charge in [0.1, 0.15) is 9.79 Å². The van der Waals surface area contributed by atoms with E-state index in [-0.39, 0.29) is 11.3 Å². The van der Waals surface area contributed by atoms with Crippen molar-refractivity contribution in [1.29, 1.82) is 0 Å². The van der Waals surface area contributed by atoms with Gasteiger partial charge in [0.25, 0.3) is 20.2 Å². The van der Waals surface area contributed by atoms with Crippen LogP contribution in [0.4, 0.5) is 11.4 Å². The van der Waals surface area contributed by atoms with Crippen molar-refractivity contribution in [3.05, 3.63) is 47.5 Å². The van der Waals surface area contributed by atoms with Gasteiger partial charge in [0.15, 0.2) is 0 Å². The second kappa shape index (κ2) is 7.41. The summed E-state index contributed by atoms with van der Waals surface area (Å²) in [4.78, 5) is -2.18. The van der Waals surface area contributed by atoms with E-state index < -0.39 is 35.7 Å². The molecular formula is C14H16N4O6S2. The number of rotatable bonds is 6. The van der Waals surface area contributed by atoms with Crippen LogP contribution in [0.25, 0.3) is 12.2 Å². The first kappa shape index (κ1) is 19.8. The third kappa shape index (κ3) is 4.19. The van der Waals surface area contributed by atoms with Gasteiger partial charge in [-0.2, -0.15) is 16.8 Å². The first-order valence-electron chi connectivity index (χ1n) is 6.92. The third-order valence-corrected chi connectivity index (χ3v) is 5.34. The van der Waals surface area contributed by atoms with E-state index in [4.69, 9.17) is 11.7 Å². The molecule has 0 unspecified atom stereocenters. The van der Waals surface area contributed by atoms with Crippen LogP contribution < -0.4 is 22.5 Å². The van der Waals surface area contributed by atoms with Crippen LogP contribution in [0.3, 0.4) is 0 Å². The van der Waals surface area contributed by atoms with Crippen LogP contribution in [0.15, 0.2) is 46.2 Å². The monoisotopic (exact) mass is 400 g/mol. The Balaban J connectivity index is 2.89. The average Bonchev–Trinajstić information content (AvgIpc) is 2.57. The first-order chi connectivity index (χ1) is 12.1. The third-order valence-electron chi connectivity index (χ3n) is 3.34. The molecule has 12 heteroatoms. The van der Waals surface area contributed by atoms with Gasteiger partial charge in [-0.1, -0.05) is 42.5 Å². The Morgan fingerprint density at radius 1 is 0.846 bits per heavy atom. The van der Waals surface area contributed by atoms with Gasteiger partial charge >= 0.3 is 0 Å². The smallest absolute Gasteiger partial charge is 0.298 e. The molecule has 10 nitrogen and oxygen atoms in total. The number of nitrogen functional groups attached to an aromatic ring is 2. The van der Waals surface area contributed by atoms with E-state index in [1.54, 1.807) is 30.3 Å². The summed E-state index contributed by atoms with van der Waals surface area (Å²) in [6.07, 6.45) is 2.72. The Kier molecular flexibility index (Phi) is 5.65. The molecule has 0 aliphatic heterocycles. The minimum absolute atomic E-state index is 0.125. The van der Waals surface area contributed by atoms with E-state index in [0.717, 1.165) is 6.07 Å².